The molecule has 0 amide bonds. The van der Waals surface area contributed by atoms with Crippen LogP contribution in [0.5, 0.6) is 0 Å². The van der Waals surface area contributed by atoms with Crippen molar-refractivity contribution >= 4 is 23.3 Å². The Morgan fingerprint density at radius 2 is 1.92 bits per heavy atom. The molecule has 24 heavy (non-hydrogen) atoms. The Balaban J connectivity index is 2.08. The standard InChI is InChI=1S/C18H18N4OS/c1-21-12-14(22(2)16-9-10-19-18(20-16)24-3)11-15(17(21)23)13-7-5-4-6-8-13/h4-12H,1-3H3. The fourth-order valence-electron chi connectivity index (χ4n) is 2.45. The Labute approximate surface area is 145 Å². The minimum Gasteiger partial charge on any atom is -0.328 e. The van der Waals surface area contributed by atoms with Gasteiger partial charge in [-0.25, -0.2) is 9.97 Å². The Bertz CT molecular complexity index is 908. The molecule has 0 radical (unpaired) electrons. The normalized spacial score (nSPS) is 10.6. The van der Waals surface area contributed by atoms with Crippen molar-refractivity contribution in [2.75, 3.05) is 18.2 Å². The van der Waals surface area contributed by atoms with E-state index in [0.29, 0.717) is 10.7 Å². The van der Waals surface area contributed by atoms with Crippen molar-refractivity contribution in [2.45, 2.75) is 5.16 Å². The summed E-state index contributed by atoms with van der Waals surface area (Å²) in [6.45, 7) is 0. The molecule has 2 heterocycles. The maximum absolute atomic E-state index is 12.5. The van der Waals surface area contributed by atoms with Gasteiger partial charge in [-0.1, -0.05) is 42.1 Å². The van der Waals surface area contributed by atoms with Gasteiger partial charge in [0, 0.05) is 32.1 Å². The topological polar surface area (TPSA) is 51.0 Å². The number of pyridine rings is 1. The molecule has 5 nitrogen and oxygen atoms in total. The fourth-order valence-corrected chi connectivity index (χ4v) is 2.80. The summed E-state index contributed by atoms with van der Waals surface area (Å²) >= 11 is 1.50. The molecule has 6 heteroatoms. The lowest BCUT2D eigenvalue weighted by Gasteiger charge is -2.20. The number of benzene rings is 1. The van der Waals surface area contributed by atoms with Crippen LogP contribution in [0.25, 0.3) is 11.1 Å². The molecule has 0 aliphatic rings. The second-order valence-corrected chi connectivity index (χ2v) is 6.13. The summed E-state index contributed by atoms with van der Waals surface area (Å²) in [5.74, 6) is 0.784. The van der Waals surface area contributed by atoms with Crippen molar-refractivity contribution in [3.63, 3.8) is 0 Å². The Morgan fingerprint density at radius 3 is 2.62 bits per heavy atom. The predicted molar refractivity (Wildman–Crippen MR) is 99.0 cm³/mol. The average Bonchev–Trinajstić information content (AvgIpc) is 2.64. The van der Waals surface area contributed by atoms with E-state index in [0.717, 1.165) is 17.1 Å². The van der Waals surface area contributed by atoms with E-state index in [4.69, 9.17) is 0 Å². The number of anilines is 2. The van der Waals surface area contributed by atoms with Gasteiger partial charge in [-0.15, -0.1) is 0 Å². The summed E-state index contributed by atoms with van der Waals surface area (Å²) in [6, 6.07) is 13.4. The lowest BCUT2D eigenvalue weighted by Crippen LogP contribution is -2.21. The first kappa shape index (κ1) is 16.3. The third-order valence-electron chi connectivity index (χ3n) is 3.79. The second-order valence-electron chi connectivity index (χ2n) is 5.35. The number of hydrogen-bond acceptors (Lipinski definition) is 5. The highest BCUT2D eigenvalue weighted by Crippen LogP contribution is 2.25. The third-order valence-corrected chi connectivity index (χ3v) is 4.35. The highest BCUT2D eigenvalue weighted by molar-refractivity contribution is 7.98. The van der Waals surface area contributed by atoms with Gasteiger partial charge in [-0.05, 0) is 24.0 Å². The zero-order valence-corrected chi connectivity index (χ0v) is 14.6. The summed E-state index contributed by atoms with van der Waals surface area (Å²) < 4.78 is 1.60. The molecule has 0 atom stereocenters. The molecular weight excluding hydrogens is 320 g/mol. The van der Waals surface area contributed by atoms with E-state index in [2.05, 4.69) is 9.97 Å². The van der Waals surface area contributed by atoms with E-state index in [9.17, 15) is 4.79 Å². The number of rotatable bonds is 4. The molecule has 3 rings (SSSR count). The van der Waals surface area contributed by atoms with Crippen LogP contribution >= 0.6 is 11.8 Å². The first-order chi connectivity index (χ1) is 11.6. The zero-order chi connectivity index (χ0) is 17.1. The summed E-state index contributed by atoms with van der Waals surface area (Å²) in [4.78, 5) is 23.2. The van der Waals surface area contributed by atoms with Gasteiger partial charge < -0.3 is 9.47 Å². The van der Waals surface area contributed by atoms with Gasteiger partial charge in [0.1, 0.15) is 5.82 Å². The quantitative estimate of drug-likeness (QED) is 0.539. The van der Waals surface area contributed by atoms with Crippen molar-refractivity contribution in [2.24, 2.45) is 7.05 Å². The number of nitrogens with zero attached hydrogens (tertiary/aromatic N) is 4. The van der Waals surface area contributed by atoms with Gasteiger partial charge in [-0.3, -0.25) is 4.79 Å². The summed E-state index contributed by atoms with van der Waals surface area (Å²) in [5.41, 5.74) is 2.44. The largest absolute Gasteiger partial charge is 0.328 e. The van der Waals surface area contributed by atoms with Crippen LogP contribution in [0, 0.1) is 0 Å². The lowest BCUT2D eigenvalue weighted by molar-refractivity contribution is 0.856. The van der Waals surface area contributed by atoms with Gasteiger partial charge in [-0.2, -0.15) is 0 Å². The van der Waals surface area contributed by atoms with Crippen LogP contribution in [-0.4, -0.2) is 27.8 Å². The Hall–Kier alpha value is -2.60. The number of aromatic nitrogens is 3. The van der Waals surface area contributed by atoms with Crippen LogP contribution in [0.3, 0.4) is 0 Å². The highest BCUT2D eigenvalue weighted by atomic mass is 32.2. The first-order valence-electron chi connectivity index (χ1n) is 7.47. The van der Waals surface area contributed by atoms with E-state index in [1.54, 1.807) is 17.8 Å². The minimum atomic E-state index is -0.0224. The van der Waals surface area contributed by atoms with E-state index >= 15 is 0 Å². The van der Waals surface area contributed by atoms with E-state index in [-0.39, 0.29) is 5.56 Å². The summed E-state index contributed by atoms with van der Waals surface area (Å²) in [6.07, 6.45) is 5.50. The van der Waals surface area contributed by atoms with Crippen LogP contribution in [0.1, 0.15) is 0 Å². The van der Waals surface area contributed by atoms with Crippen molar-refractivity contribution in [3.05, 3.63) is 65.2 Å². The van der Waals surface area contributed by atoms with Gasteiger partial charge in [0.25, 0.3) is 5.56 Å². The molecule has 0 aliphatic carbocycles. The molecule has 3 aromatic rings. The Morgan fingerprint density at radius 1 is 1.17 bits per heavy atom. The van der Waals surface area contributed by atoms with E-state index in [1.165, 1.54) is 11.8 Å². The molecule has 0 saturated carbocycles. The molecule has 2 aromatic heterocycles. The molecule has 1 aromatic carbocycles. The number of thioether (sulfide) groups is 1. The first-order valence-corrected chi connectivity index (χ1v) is 8.69. The van der Waals surface area contributed by atoms with Gasteiger partial charge >= 0.3 is 0 Å². The molecular formula is C18H18N4OS. The lowest BCUT2D eigenvalue weighted by atomic mass is 10.1. The van der Waals surface area contributed by atoms with Crippen LogP contribution in [-0.2, 0) is 7.05 Å². The van der Waals surface area contributed by atoms with Gasteiger partial charge in [0.05, 0.1) is 5.69 Å². The average molecular weight is 338 g/mol. The van der Waals surface area contributed by atoms with E-state index in [1.807, 2.05) is 66.9 Å². The molecule has 0 saturated heterocycles. The smallest absolute Gasteiger partial charge is 0.258 e. The predicted octanol–water partition coefficient (Wildman–Crippen LogP) is 3.33. The SMILES string of the molecule is CSc1nccc(N(C)c2cc(-c3ccccc3)c(=O)n(C)c2)n1. The molecule has 0 aliphatic heterocycles. The number of aryl methyl sites for hydroxylation is 1. The minimum absolute atomic E-state index is 0.0224. The second kappa shape index (κ2) is 6.88. The molecule has 0 spiro atoms. The van der Waals surface area contributed by atoms with Crippen molar-refractivity contribution < 1.29 is 0 Å². The summed E-state index contributed by atoms with van der Waals surface area (Å²) in [7, 11) is 3.69. The number of hydrogen-bond donors (Lipinski definition) is 0. The molecule has 0 unspecified atom stereocenters. The maximum atomic E-state index is 12.5. The Kier molecular flexibility index (Phi) is 4.66. The monoisotopic (exact) mass is 338 g/mol. The zero-order valence-electron chi connectivity index (χ0n) is 13.8. The molecule has 0 bridgehead atoms. The third kappa shape index (κ3) is 3.19. The van der Waals surface area contributed by atoms with Crippen molar-refractivity contribution in [1.29, 1.82) is 0 Å². The van der Waals surface area contributed by atoms with Crippen LogP contribution < -0.4 is 10.5 Å². The molecule has 122 valence electrons. The van der Waals surface area contributed by atoms with Crippen molar-refractivity contribution in [3.8, 4) is 11.1 Å². The van der Waals surface area contributed by atoms with Gasteiger partial charge in [0.2, 0.25) is 0 Å². The van der Waals surface area contributed by atoms with Gasteiger partial charge in [0.15, 0.2) is 5.16 Å². The van der Waals surface area contributed by atoms with Crippen LogP contribution in [0.15, 0.2) is 64.8 Å². The molecule has 0 N–H and O–H groups in total. The van der Waals surface area contributed by atoms with Crippen LogP contribution in [0.2, 0.25) is 0 Å². The maximum Gasteiger partial charge on any atom is 0.258 e. The van der Waals surface area contributed by atoms with Crippen molar-refractivity contribution in [1.82, 2.24) is 14.5 Å². The highest BCUT2D eigenvalue weighted by Gasteiger charge is 2.12. The summed E-state index contributed by atoms with van der Waals surface area (Å²) in [5, 5.41) is 0.715. The van der Waals surface area contributed by atoms with Crippen LogP contribution in [0.4, 0.5) is 11.5 Å². The van der Waals surface area contributed by atoms with E-state index < -0.39 is 0 Å². The molecule has 0 fully saturated rings. The fraction of sp³-hybridized carbons (Fsp3) is 0.167.